The summed E-state index contributed by atoms with van der Waals surface area (Å²) in [5, 5.41) is 12.1. The van der Waals surface area contributed by atoms with Crippen LogP contribution in [0.3, 0.4) is 0 Å². The topological polar surface area (TPSA) is 59.2 Å². The van der Waals surface area contributed by atoms with Crippen molar-refractivity contribution in [2.24, 2.45) is 0 Å². The standard InChI is InChI=1S/C56H55N2O2.Pt/c1-53(2,3)43-31-38(30-39(32-43)48-33-37(28-29-57-48)36-24-26-42(27-25-36)55(7,8)40-18-13-11-14-19-40)45-22-17-23-49-50(45)58-52(60-49)46-34-44(54(4,5)6)35-47(51(46)59)56(9,10)41-20-15-12-16-21-41;/h11-29,31-35,59H,1-10H3;/q-1;. The molecule has 312 valence electrons. The third kappa shape index (κ3) is 8.53. The van der Waals surface area contributed by atoms with E-state index < -0.39 is 5.41 Å². The zero-order valence-electron chi connectivity index (χ0n) is 36.9. The molecule has 0 fully saturated rings. The van der Waals surface area contributed by atoms with Gasteiger partial charge in [0, 0.05) is 49.3 Å². The molecule has 0 saturated heterocycles. The zero-order chi connectivity index (χ0) is 42.6. The van der Waals surface area contributed by atoms with Crippen LogP contribution in [0, 0.1) is 6.07 Å². The van der Waals surface area contributed by atoms with Gasteiger partial charge in [0.1, 0.15) is 11.3 Å². The molecule has 1 N–H and O–H groups in total. The Labute approximate surface area is 376 Å². The van der Waals surface area contributed by atoms with Crippen molar-refractivity contribution in [2.75, 3.05) is 0 Å². The Morgan fingerprint density at radius 2 is 1.08 bits per heavy atom. The summed E-state index contributed by atoms with van der Waals surface area (Å²) in [6.07, 6.45) is 1.89. The van der Waals surface area contributed by atoms with Gasteiger partial charge in [-0.25, -0.2) is 4.98 Å². The van der Waals surface area contributed by atoms with E-state index in [4.69, 9.17) is 14.4 Å². The Kier molecular flexibility index (Phi) is 11.7. The minimum absolute atomic E-state index is 0. The van der Waals surface area contributed by atoms with Gasteiger partial charge < -0.3 is 9.52 Å². The smallest absolute Gasteiger partial charge is 0.230 e. The van der Waals surface area contributed by atoms with Crippen LogP contribution in [0.4, 0.5) is 0 Å². The second-order valence-corrected chi connectivity index (χ2v) is 19.3. The summed E-state index contributed by atoms with van der Waals surface area (Å²) < 4.78 is 6.57. The molecule has 0 atom stereocenters. The number of fused-ring (bicyclic) bond motifs is 1. The van der Waals surface area contributed by atoms with Crippen LogP contribution in [0.2, 0.25) is 0 Å². The molecule has 6 aromatic carbocycles. The molecular weight excluding hydrogens is 928 g/mol. The Balaban J connectivity index is 0.00000561. The van der Waals surface area contributed by atoms with E-state index in [1.165, 1.54) is 11.1 Å². The van der Waals surface area contributed by atoms with Crippen LogP contribution in [0.1, 0.15) is 103 Å². The molecule has 0 amide bonds. The van der Waals surface area contributed by atoms with Gasteiger partial charge in [0.2, 0.25) is 5.89 Å². The number of phenolic OH excluding ortho intramolecular Hbond substituents is 1. The van der Waals surface area contributed by atoms with E-state index in [0.717, 1.165) is 55.8 Å². The fourth-order valence-electron chi connectivity index (χ4n) is 8.14. The average Bonchev–Trinajstić information content (AvgIpc) is 3.68. The Hall–Kier alpha value is -5.57. The quantitative estimate of drug-likeness (QED) is 0.154. The van der Waals surface area contributed by atoms with E-state index in [2.05, 4.69) is 178 Å². The van der Waals surface area contributed by atoms with Gasteiger partial charge in [-0.15, -0.1) is 29.3 Å². The summed E-state index contributed by atoms with van der Waals surface area (Å²) in [4.78, 5) is 10.1. The van der Waals surface area contributed by atoms with Crippen LogP contribution in [0.15, 0.2) is 150 Å². The molecule has 0 saturated carbocycles. The van der Waals surface area contributed by atoms with Crippen LogP contribution in [-0.4, -0.2) is 15.1 Å². The molecule has 2 aromatic heterocycles. The number of hydrogen-bond donors (Lipinski definition) is 1. The molecule has 0 radical (unpaired) electrons. The van der Waals surface area contributed by atoms with Crippen molar-refractivity contribution >= 4 is 11.1 Å². The second kappa shape index (κ2) is 16.4. The summed E-state index contributed by atoms with van der Waals surface area (Å²) in [6.45, 7) is 22.1. The number of pyridine rings is 1. The largest absolute Gasteiger partial charge is 0.507 e. The molecule has 8 rings (SSSR count). The number of benzene rings is 6. The van der Waals surface area contributed by atoms with Gasteiger partial charge in [-0.3, -0.25) is 4.98 Å². The van der Waals surface area contributed by atoms with Gasteiger partial charge in [-0.1, -0.05) is 190 Å². The zero-order valence-corrected chi connectivity index (χ0v) is 39.2. The van der Waals surface area contributed by atoms with Crippen LogP contribution < -0.4 is 0 Å². The van der Waals surface area contributed by atoms with Crippen LogP contribution in [-0.2, 0) is 42.7 Å². The Morgan fingerprint density at radius 1 is 0.508 bits per heavy atom. The predicted octanol–water partition coefficient (Wildman–Crippen LogP) is 14.6. The van der Waals surface area contributed by atoms with E-state index in [1.54, 1.807) is 0 Å². The summed E-state index contributed by atoms with van der Waals surface area (Å²) in [7, 11) is 0. The maximum atomic E-state index is 12.1. The summed E-state index contributed by atoms with van der Waals surface area (Å²) in [5.74, 6) is 0.556. The number of phenols is 1. The van der Waals surface area contributed by atoms with E-state index in [-0.39, 0.29) is 43.1 Å². The first-order valence-electron chi connectivity index (χ1n) is 21.0. The minimum atomic E-state index is -0.481. The fraction of sp³-hybridized carbons (Fsp3) is 0.250. The van der Waals surface area contributed by atoms with Crippen molar-refractivity contribution in [2.45, 2.75) is 90.9 Å². The first-order valence-corrected chi connectivity index (χ1v) is 21.0. The van der Waals surface area contributed by atoms with Crippen molar-refractivity contribution in [3.63, 3.8) is 0 Å². The van der Waals surface area contributed by atoms with Gasteiger partial charge >= 0.3 is 0 Å². The van der Waals surface area contributed by atoms with Gasteiger partial charge in [0.15, 0.2) is 0 Å². The second-order valence-electron chi connectivity index (χ2n) is 19.3. The number of nitrogens with zero attached hydrogens (tertiary/aromatic N) is 2. The Morgan fingerprint density at radius 3 is 1.70 bits per heavy atom. The van der Waals surface area contributed by atoms with E-state index in [9.17, 15) is 5.11 Å². The molecule has 5 heteroatoms. The SMILES string of the molecule is CC(C)(C)c1cc(-c2cc(-c3ccc(C(C)(C)c4ccccc4)cc3)ccn2)[c-]c(-c2cccc3oc(-c4cc(C(C)(C)C)cc(C(C)(C)c5ccccc5)c4O)nc23)c1.[Pt]. The van der Waals surface area contributed by atoms with E-state index in [0.29, 0.717) is 22.6 Å². The van der Waals surface area contributed by atoms with Crippen LogP contribution in [0.25, 0.3) is 56.1 Å². The monoisotopic (exact) mass is 982 g/mol. The van der Waals surface area contributed by atoms with Crippen molar-refractivity contribution < 1.29 is 30.6 Å². The predicted molar refractivity (Wildman–Crippen MR) is 249 cm³/mol. The summed E-state index contributed by atoms with van der Waals surface area (Å²) >= 11 is 0. The first kappa shape index (κ1) is 43.5. The number of hydrogen-bond acceptors (Lipinski definition) is 4. The van der Waals surface area contributed by atoms with Gasteiger partial charge in [0.05, 0.1) is 11.1 Å². The number of para-hydroxylation sites is 1. The van der Waals surface area contributed by atoms with Crippen molar-refractivity contribution in [1.82, 2.24) is 9.97 Å². The molecule has 8 aromatic rings. The molecule has 0 aliphatic rings. The van der Waals surface area contributed by atoms with Gasteiger partial charge in [-0.2, -0.15) is 0 Å². The van der Waals surface area contributed by atoms with E-state index >= 15 is 0 Å². The van der Waals surface area contributed by atoms with Crippen molar-refractivity contribution in [1.29, 1.82) is 0 Å². The maximum Gasteiger partial charge on any atom is 0.230 e. The third-order valence-electron chi connectivity index (χ3n) is 12.3. The van der Waals surface area contributed by atoms with Crippen molar-refractivity contribution in [3.05, 3.63) is 185 Å². The Bertz CT molecular complexity index is 2820. The number of aromatic hydroxyl groups is 1. The van der Waals surface area contributed by atoms with Crippen molar-refractivity contribution in [3.8, 4) is 50.7 Å². The maximum absolute atomic E-state index is 12.1. The average molecular weight is 983 g/mol. The number of rotatable bonds is 8. The molecule has 0 spiro atoms. The molecular formula is C56H55N2O2Pt-. The first-order chi connectivity index (χ1) is 28.4. The molecule has 0 aliphatic heterocycles. The normalized spacial score (nSPS) is 12.4. The van der Waals surface area contributed by atoms with Crippen LogP contribution in [0.5, 0.6) is 5.75 Å². The molecule has 4 nitrogen and oxygen atoms in total. The van der Waals surface area contributed by atoms with Gasteiger partial charge in [-0.05, 0) is 62.4 Å². The molecule has 2 heterocycles. The molecule has 0 unspecified atom stereocenters. The molecule has 0 aliphatic carbocycles. The van der Waals surface area contributed by atoms with Crippen LogP contribution >= 0.6 is 0 Å². The molecule has 0 bridgehead atoms. The molecule has 61 heavy (non-hydrogen) atoms. The van der Waals surface area contributed by atoms with Gasteiger partial charge in [0.25, 0.3) is 0 Å². The fourth-order valence-corrected chi connectivity index (χ4v) is 8.14. The number of oxazole rings is 1. The summed E-state index contributed by atoms with van der Waals surface area (Å²) in [5.41, 5.74) is 13.5. The summed E-state index contributed by atoms with van der Waals surface area (Å²) in [6, 6.07) is 52.5. The third-order valence-corrected chi connectivity index (χ3v) is 12.3. The minimum Gasteiger partial charge on any atom is -0.507 e. The van der Waals surface area contributed by atoms with E-state index in [1.807, 2.05) is 42.6 Å². The number of aromatic nitrogens is 2.